The van der Waals surface area contributed by atoms with E-state index in [9.17, 15) is 22.8 Å². The molecule has 1 aromatic carbocycles. The minimum atomic E-state index is -4.85. The standard InChI is InChI=1S/C15H18F3NO2S/c1-2-11(13(20)12-6-4-3-5-7-12)10-22-9-8-19-14(21)15(16,17)18/h3-7,11H,2,8-10H2,1H3,(H,19,21)/t11-/m0/s1. The van der Waals surface area contributed by atoms with E-state index in [-0.39, 0.29) is 18.2 Å². The predicted molar refractivity (Wildman–Crippen MR) is 80.9 cm³/mol. The largest absolute Gasteiger partial charge is 0.471 e. The van der Waals surface area contributed by atoms with E-state index in [1.54, 1.807) is 29.6 Å². The van der Waals surface area contributed by atoms with Gasteiger partial charge in [-0.2, -0.15) is 24.9 Å². The molecule has 0 saturated heterocycles. The molecule has 1 N–H and O–H groups in total. The molecule has 0 unspecified atom stereocenters. The third-order valence-corrected chi connectivity index (χ3v) is 4.16. The normalized spacial score (nSPS) is 12.7. The fourth-order valence-corrected chi connectivity index (χ4v) is 2.86. The lowest BCUT2D eigenvalue weighted by Gasteiger charge is -2.14. The molecule has 0 saturated carbocycles. The van der Waals surface area contributed by atoms with Crippen LogP contribution in [-0.4, -0.2) is 35.9 Å². The number of carbonyl (C=O) groups is 2. The molecule has 7 heteroatoms. The molecule has 0 fully saturated rings. The number of alkyl halides is 3. The Hall–Kier alpha value is -1.50. The lowest BCUT2D eigenvalue weighted by molar-refractivity contribution is -0.173. The van der Waals surface area contributed by atoms with E-state index in [1.807, 2.05) is 13.0 Å². The molecule has 1 amide bonds. The van der Waals surface area contributed by atoms with Crippen molar-refractivity contribution in [3.05, 3.63) is 35.9 Å². The fraction of sp³-hybridized carbons (Fsp3) is 0.467. The maximum atomic E-state index is 12.2. The van der Waals surface area contributed by atoms with Crippen LogP contribution in [0, 0.1) is 5.92 Å². The molecule has 0 bridgehead atoms. The average Bonchev–Trinajstić information content (AvgIpc) is 2.50. The summed E-state index contributed by atoms with van der Waals surface area (Å²) in [6, 6.07) is 8.91. The summed E-state index contributed by atoms with van der Waals surface area (Å²) in [5.74, 6) is -1.21. The minimum Gasteiger partial charge on any atom is -0.347 e. The number of halogens is 3. The Labute approximate surface area is 131 Å². The van der Waals surface area contributed by atoms with Crippen LogP contribution in [0.1, 0.15) is 23.7 Å². The monoisotopic (exact) mass is 333 g/mol. The van der Waals surface area contributed by atoms with Crippen LogP contribution >= 0.6 is 11.8 Å². The van der Waals surface area contributed by atoms with Crippen molar-refractivity contribution in [2.24, 2.45) is 5.92 Å². The van der Waals surface area contributed by atoms with Crippen LogP contribution in [0.4, 0.5) is 13.2 Å². The Morgan fingerprint density at radius 3 is 2.41 bits per heavy atom. The van der Waals surface area contributed by atoms with Gasteiger partial charge >= 0.3 is 12.1 Å². The summed E-state index contributed by atoms with van der Waals surface area (Å²) in [6.45, 7) is 1.83. The molecule has 0 radical (unpaired) electrons. The van der Waals surface area contributed by atoms with Gasteiger partial charge in [0.2, 0.25) is 0 Å². The highest BCUT2D eigenvalue weighted by Crippen LogP contribution is 2.18. The van der Waals surface area contributed by atoms with Gasteiger partial charge in [-0.15, -0.1) is 0 Å². The number of rotatable bonds is 8. The lowest BCUT2D eigenvalue weighted by atomic mass is 9.97. The maximum Gasteiger partial charge on any atom is 0.471 e. The van der Waals surface area contributed by atoms with E-state index in [4.69, 9.17) is 0 Å². The molecule has 0 aliphatic rings. The molecule has 1 aromatic rings. The van der Waals surface area contributed by atoms with Crippen molar-refractivity contribution in [3.63, 3.8) is 0 Å². The number of benzene rings is 1. The van der Waals surface area contributed by atoms with Gasteiger partial charge in [-0.1, -0.05) is 37.3 Å². The summed E-state index contributed by atoms with van der Waals surface area (Å²) in [5, 5.41) is 1.81. The van der Waals surface area contributed by atoms with Crippen molar-refractivity contribution in [1.29, 1.82) is 0 Å². The molecular weight excluding hydrogens is 315 g/mol. The van der Waals surface area contributed by atoms with Gasteiger partial charge in [0.25, 0.3) is 0 Å². The molecule has 0 aliphatic heterocycles. The van der Waals surface area contributed by atoms with E-state index >= 15 is 0 Å². The van der Waals surface area contributed by atoms with Crippen LogP contribution in [0.15, 0.2) is 30.3 Å². The Morgan fingerprint density at radius 2 is 1.86 bits per heavy atom. The Balaban J connectivity index is 2.33. The molecule has 3 nitrogen and oxygen atoms in total. The molecule has 0 aliphatic carbocycles. The van der Waals surface area contributed by atoms with Gasteiger partial charge in [0.15, 0.2) is 5.78 Å². The summed E-state index contributed by atoms with van der Waals surface area (Å²) >= 11 is 1.36. The van der Waals surface area contributed by atoms with Crippen LogP contribution < -0.4 is 5.32 Å². The van der Waals surface area contributed by atoms with Gasteiger partial charge in [0.1, 0.15) is 0 Å². The number of carbonyl (C=O) groups excluding carboxylic acids is 2. The van der Waals surface area contributed by atoms with Crippen LogP contribution in [0.5, 0.6) is 0 Å². The summed E-state index contributed by atoms with van der Waals surface area (Å²) in [5.41, 5.74) is 0.639. The molecule has 0 spiro atoms. The Kier molecular flexibility index (Phi) is 7.44. The highest BCUT2D eigenvalue weighted by atomic mass is 32.2. The second-order valence-corrected chi connectivity index (χ2v) is 5.81. The molecule has 1 rings (SSSR count). The molecule has 1 atom stereocenters. The van der Waals surface area contributed by atoms with E-state index in [0.29, 0.717) is 23.5 Å². The molecule has 122 valence electrons. The number of amides is 1. The van der Waals surface area contributed by atoms with E-state index in [1.165, 1.54) is 11.8 Å². The predicted octanol–water partition coefficient (Wildman–Crippen LogP) is 3.31. The highest BCUT2D eigenvalue weighted by molar-refractivity contribution is 7.99. The summed E-state index contributed by atoms with van der Waals surface area (Å²) in [4.78, 5) is 22.9. The zero-order valence-electron chi connectivity index (χ0n) is 12.2. The summed E-state index contributed by atoms with van der Waals surface area (Å²) in [6.07, 6.45) is -4.18. The second kappa shape index (κ2) is 8.82. The van der Waals surface area contributed by atoms with Crippen LogP contribution in [0.3, 0.4) is 0 Å². The number of nitrogens with one attached hydrogen (secondary N) is 1. The second-order valence-electron chi connectivity index (χ2n) is 4.66. The Morgan fingerprint density at radius 1 is 1.23 bits per heavy atom. The lowest BCUT2D eigenvalue weighted by Crippen LogP contribution is -2.37. The number of hydrogen-bond donors (Lipinski definition) is 1. The zero-order chi connectivity index (χ0) is 16.6. The van der Waals surface area contributed by atoms with Gasteiger partial charge in [-0.25, -0.2) is 0 Å². The first-order valence-electron chi connectivity index (χ1n) is 6.88. The van der Waals surface area contributed by atoms with E-state index in [2.05, 4.69) is 0 Å². The van der Waals surface area contributed by atoms with E-state index < -0.39 is 12.1 Å². The third kappa shape index (κ3) is 6.09. The third-order valence-electron chi connectivity index (χ3n) is 3.03. The quantitative estimate of drug-likeness (QED) is 0.586. The minimum absolute atomic E-state index is 0.0370. The molecule has 0 heterocycles. The van der Waals surface area contributed by atoms with Crippen LogP contribution in [0.25, 0.3) is 0 Å². The summed E-state index contributed by atoms with van der Waals surface area (Å²) in [7, 11) is 0. The fourth-order valence-electron chi connectivity index (χ4n) is 1.78. The van der Waals surface area contributed by atoms with Crippen LogP contribution in [0.2, 0.25) is 0 Å². The van der Waals surface area contributed by atoms with Crippen molar-refractivity contribution in [1.82, 2.24) is 5.32 Å². The van der Waals surface area contributed by atoms with Gasteiger partial charge in [-0.3, -0.25) is 9.59 Å². The van der Waals surface area contributed by atoms with Gasteiger partial charge in [-0.05, 0) is 6.42 Å². The van der Waals surface area contributed by atoms with Gasteiger partial charge < -0.3 is 5.32 Å². The van der Waals surface area contributed by atoms with Gasteiger partial charge in [0.05, 0.1) is 0 Å². The Bertz CT molecular complexity index is 491. The molecule has 22 heavy (non-hydrogen) atoms. The molecule has 0 aromatic heterocycles. The zero-order valence-corrected chi connectivity index (χ0v) is 13.0. The number of ketones is 1. The topological polar surface area (TPSA) is 46.2 Å². The SMILES string of the molecule is CC[C@@H](CSCCNC(=O)C(F)(F)F)C(=O)c1ccccc1. The van der Waals surface area contributed by atoms with Crippen LogP contribution in [-0.2, 0) is 4.79 Å². The molecular formula is C15H18F3NO2S. The first kappa shape index (κ1) is 18.5. The average molecular weight is 333 g/mol. The smallest absolute Gasteiger partial charge is 0.347 e. The van der Waals surface area contributed by atoms with Crippen molar-refractivity contribution >= 4 is 23.5 Å². The van der Waals surface area contributed by atoms with E-state index in [0.717, 1.165) is 0 Å². The summed E-state index contributed by atoms with van der Waals surface area (Å²) < 4.78 is 35.9. The maximum absolute atomic E-state index is 12.2. The van der Waals surface area contributed by atoms with Crippen molar-refractivity contribution in [2.45, 2.75) is 19.5 Å². The van der Waals surface area contributed by atoms with Crippen molar-refractivity contribution in [3.8, 4) is 0 Å². The first-order chi connectivity index (χ1) is 10.4. The van der Waals surface area contributed by atoms with Gasteiger partial charge in [0, 0.05) is 29.5 Å². The number of hydrogen-bond acceptors (Lipinski definition) is 3. The van der Waals surface area contributed by atoms with Crippen molar-refractivity contribution < 1.29 is 22.8 Å². The number of Topliss-reactive ketones (excluding diaryl/α,β-unsaturated/α-hetero) is 1. The highest BCUT2D eigenvalue weighted by Gasteiger charge is 2.38. The van der Waals surface area contributed by atoms with Crippen molar-refractivity contribution in [2.75, 3.05) is 18.1 Å². The number of thioether (sulfide) groups is 1. The first-order valence-corrected chi connectivity index (χ1v) is 8.03.